The SMILES string of the molecule is NC(=O)C1[CH]CN1C(=O)Cc1ccccc1. The molecule has 4 nitrogen and oxygen atoms in total. The third-order valence-corrected chi connectivity index (χ3v) is 2.67. The number of primary amides is 1. The first-order valence-corrected chi connectivity index (χ1v) is 5.14. The maximum atomic E-state index is 11.8. The summed E-state index contributed by atoms with van der Waals surface area (Å²) < 4.78 is 0. The Bertz CT molecular complexity index is 403. The third kappa shape index (κ3) is 2.05. The van der Waals surface area contributed by atoms with Crippen molar-refractivity contribution in [3.8, 4) is 0 Å². The van der Waals surface area contributed by atoms with E-state index in [2.05, 4.69) is 0 Å². The van der Waals surface area contributed by atoms with Crippen LogP contribution in [0, 0.1) is 6.42 Å². The highest BCUT2D eigenvalue weighted by molar-refractivity contribution is 5.90. The number of benzene rings is 1. The molecule has 2 N–H and O–H groups in total. The second kappa shape index (κ2) is 4.35. The predicted molar refractivity (Wildman–Crippen MR) is 59.1 cm³/mol. The van der Waals surface area contributed by atoms with E-state index >= 15 is 0 Å². The summed E-state index contributed by atoms with van der Waals surface area (Å²) in [7, 11) is 0. The van der Waals surface area contributed by atoms with E-state index in [1.165, 1.54) is 4.90 Å². The van der Waals surface area contributed by atoms with Crippen molar-refractivity contribution in [2.45, 2.75) is 12.5 Å². The Balaban J connectivity index is 1.97. The van der Waals surface area contributed by atoms with Crippen molar-refractivity contribution < 1.29 is 9.59 Å². The molecule has 1 aromatic carbocycles. The van der Waals surface area contributed by atoms with Crippen molar-refractivity contribution in [2.24, 2.45) is 5.73 Å². The van der Waals surface area contributed by atoms with Crippen LogP contribution >= 0.6 is 0 Å². The first-order chi connectivity index (χ1) is 7.68. The van der Waals surface area contributed by atoms with Gasteiger partial charge in [0.05, 0.1) is 6.42 Å². The molecule has 0 bridgehead atoms. The van der Waals surface area contributed by atoms with Gasteiger partial charge < -0.3 is 10.6 Å². The Morgan fingerprint density at radius 1 is 1.31 bits per heavy atom. The molecule has 0 aromatic heterocycles. The molecular formula is C12H13N2O2. The summed E-state index contributed by atoms with van der Waals surface area (Å²) in [6, 6.07) is 8.93. The number of carbonyl (C=O) groups excluding carboxylic acids is 2. The molecule has 0 saturated carbocycles. The van der Waals surface area contributed by atoms with E-state index in [4.69, 9.17) is 5.73 Å². The van der Waals surface area contributed by atoms with Gasteiger partial charge in [-0.15, -0.1) is 0 Å². The Hall–Kier alpha value is -1.84. The molecule has 83 valence electrons. The summed E-state index contributed by atoms with van der Waals surface area (Å²) in [5.41, 5.74) is 6.10. The van der Waals surface area contributed by atoms with Crippen LogP contribution in [0.5, 0.6) is 0 Å². The molecule has 2 amide bonds. The zero-order valence-electron chi connectivity index (χ0n) is 8.80. The summed E-state index contributed by atoms with van der Waals surface area (Å²) in [4.78, 5) is 24.2. The minimum Gasteiger partial charge on any atom is -0.368 e. The fourth-order valence-electron chi connectivity index (χ4n) is 1.71. The molecule has 1 fully saturated rings. The molecule has 1 aromatic rings. The number of amides is 2. The number of nitrogens with zero attached hydrogens (tertiary/aromatic N) is 1. The molecule has 0 aliphatic carbocycles. The minimum absolute atomic E-state index is 0.0579. The largest absolute Gasteiger partial charge is 0.368 e. The smallest absolute Gasteiger partial charge is 0.240 e. The van der Waals surface area contributed by atoms with E-state index < -0.39 is 11.9 Å². The van der Waals surface area contributed by atoms with Gasteiger partial charge in [0, 0.05) is 13.0 Å². The molecule has 1 heterocycles. The summed E-state index contributed by atoms with van der Waals surface area (Å²) in [5, 5.41) is 0. The molecule has 1 unspecified atom stereocenters. The van der Waals surface area contributed by atoms with Gasteiger partial charge in [0.1, 0.15) is 6.04 Å². The highest BCUT2D eigenvalue weighted by Gasteiger charge is 2.36. The van der Waals surface area contributed by atoms with Gasteiger partial charge in [-0.2, -0.15) is 0 Å². The van der Waals surface area contributed by atoms with E-state index in [0.29, 0.717) is 13.0 Å². The van der Waals surface area contributed by atoms with Crippen molar-refractivity contribution >= 4 is 11.8 Å². The van der Waals surface area contributed by atoms with Crippen molar-refractivity contribution in [3.05, 3.63) is 42.3 Å². The average molecular weight is 217 g/mol. The molecule has 16 heavy (non-hydrogen) atoms. The summed E-state index contributed by atoms with van der Waals surface area (Å²) >= 11 is 0. The molecule has 1 aliphatic rings. The van der Waals surface area contributed by atoms with Gasteiger partial charge in [-0.1, -0.05) is 30.3 Å². The Kier molecular flexibility index (Phi) is 2.90. The second-order valence-electron chi connectivity index (χ2n) is 3.79. The Morgan fingerprint density at radius 2 is 2.00 bits per heavy atom. The normalized spacial score (nSPS) is 19.0. The zero-order valence-corrected chi connectivity index (χ0v) is 8.80. The summed E-state index contributed by atoms with van der Waals surface area (Å²) in [6.45, 7) is 0.513. The van der Waals surface area contributed by atoms with Gasteiger partial charge >= 0.3 is 0 Å². The molecule has 1 saturated heterocycles. The van der Waals surface area contributed by atoms with Crippen molar-refractivity contribution in [3.63, 3.8) is 0 Å². The maximum absolute atomic E-state index is 11.8. The van der Waals surface area contributed by atoms with Crippen molar-refractivity contribution in [2.75, 3.05) is 6.54 Å². The number of nitrogens with two attached hydrogens (primary N) is 1. The molecule has 0 spiro atoms. The molecule has 1 atom stereocenters. The molecular weight excluding hydrogens is 204 g/mol. The van der Waals surface area contributed by atoms with E-state index in [1.54, 1.807) is 6.42 Å². The number of hydrogen-bond acceptors (Lipinski definition) is 2. The van der Waals surface area contributed by atoms with Gasteiger partial charge in [0.15, 0.2) is 0 Å². The third-order valence-electron chi connectivity index (χ3n) is 2.67. The second-order valence-corrected chi connectivity index (χ2v) is 3.79. The lowest BCUT2D eigenvalue weighted by Gasteiger charge is -2.38. The van der Waals surface area contributed by atoms with Crippen LogP contribution in [-0.4, -0.2) is 29.3 Å². The van der Waals surface area contributed by atoms with Gasteiger partial charge in [-0.3, -0.25) is 9.59 Å². The van der Waals surface area contributed by atoms with Gasteiger partial charge in [-0.05, 0) is 5.56 Å². The van der Waals surface area contributed by atoms with E-state index in [0.717, 1.165) is 5.56 Å². The van der Waals surface area contributed by atoms with Crippen LogP contribution in [0.2, 0.25) is 0 Å². The van der Waals surface area contributed by atoms with Crippen LogP contribution in [0.3, 0.4) is 0 Å². The Labute approximate surface area is 94.0 Å². The van der Waals surface area contributed by atoms with Crippen LogP contribution in [0.1, 0.15) is 5.56 Å². The van der Waals surface area contributed by atoms with E-state index in [1.807, 2.05) is 30.3 Å². The standard InChI is InChI=1S/C12H13N2O2/c13-12(16)10-6-7-14(10)11(15)8-9-4-2-1-3-5-9/h1-6,10H,7-8H2,(H2,13,16). The number of likely N-dealkylation sites (tertiary alicyclic amines) is 1. The monoisotopic (exact) mass is 217 g/mol. The number of hydrogen-bond donors (Lipinski definition) is 1. The highest BCUT2D eigenvalue weighted by Crippen LogP contribution is 2.17. The van der Waals surface area contributed by atoms with Gasteiger partial charge in [0.25, 0.3) is 0 Å². The van der Waals surface area contributed by atoms with Gasteiger partial charge in [0.2, 0.25) is 11.8 Å². The van der Waals surface area contributed by atoms with E-state index in [9.17, 15) is 9.59 Å². The van der Waals surface area contributed by atoms with Crippen LogP contribution in [0.25, 0.3) is 0 Å². The van der Waals surface area contributed by atoms with Crippen LogP contribution < -0.4 is 5.73 Å². The zero-order chi connectivity index (χ0) is 11.5. The van der Waals surface area contributed by atoms with Crippen LogP contribution in [0.4, 0.5) is 0 Å². The fourth-order valence-corrected chi connectivity index (χ4v) is 1.71. The minimum atomic E-state index is -0.517. The molecule has 4 heteroatoms. The predicted octanol–water partition coefficient (Wildman–Crippen LogP) is 0.129. The summed E-state index contributed by atoms with van der Waals surface area (Å²) in [5.74, 6) is -0.523. The first-order valence-electron chi connectivity index (χ1n) is 5.14. The van der Waals surface area contributed by atoms with Gasteiger partial charge in [-0.25, -0.2) is 0 Å². The fraction of sp³-hybridized carbons (Fsp3) is 0.250. The van der Waals surface area contributed by atoms with Crippen LogP contribution in [-0.2, 0) is 16.0 Å². The number of carbonyl (C=O) groups is 2. The number of rotatable bonds is 3. The average Bonchev–Trinajstić information content (AvgIpc) is 2.16. The quantitative estimate of drug-likeness (QED) is 0.782. The van der Waals surface area contributed by atoms with Crippen LogP contribution in [0.15, 0.2) is 30.3 Å². The lowest BCUT2D eigenvalue weighted by atomic mass is 10.0. The van der Waals surface area contributed by atoms with E-state index in [-0.39, 0.29) is 5.91 Å². The first kappa shape index (κ1) is 10.7. The highest BCUT2D eigenvalue weighted by atomic mass is 16.2. The maximum Gasteiger partial charge on any atom is 0.240 e. The molecule has 2 rings (SSSR count). The lowest BCUT2D eigenvalue weighted by molar-refractivity contribution is -0.141. The Morgan fingerprint density at radius 3 is 2.50 bits per heavy atom. The van der Waals surface area contributed by atoms with Crippen molar-refractivity contribution in [1.82, 2.24) is 4.90 Å². The molecule has 1 radical (unpaired) electrons. The summed E-state index contributed by atoms with van der Waals surface area (Å²) in [6.07, 6.45) is 2.06. The lowest BCUT2D eigenvalue weighted by Crippen LogP contribution is -2.58. The van der Waals surface area contributed by atoms with Crippen molar-refractivity contribution in [1.29, 1.82) is 0 Å². The topological polar surface area (TPSA) is 63.4 Å². The molecule has 1 aliphatic heterocycles.